The maximum atomic E-state index is 12.1. The number of rotatable bonds is 5. The van der Waals surface area contributed by atoms with Gasteiger partial charge < -0.3 is 0 Å². The van der Waals surface area contributed by atoms with Crippen molar-refractivity contribution in [1.29, 1.82) is 0 Å². The van der Waals surface area contributed by atoms with Crippen molar-refractivity contribution >= 4 is 17.3 Å². The molecule has 102 valence electrons. The smallest absolute Gasteiger partial charge is 0.148 e. The summed E-state index contributed by atoms with van der Waals surface area (Å²) in [7, 11) is 0. The van der Waals surface area contributed by atoms with Crippen LogP contribution in [0.3, 0.4) is 0 Å². The summed E-state index contributed by atoms with van der Waals surface area (Å²) in [5.41, 5.74) is 1.15. The van der Waals surface area contributed by atoms with Crippen LogP contribution in [0.15, 0.2) is 18.2 Å². The lowest BCUT2D eigenvalue weighted by molar-refractivity contribution is -0.136. The second-order valence-corrected chi connectivity index (χ2v) is 5.21. The fourth-order valence-corrected chi connectivity index (χ4v) is 2.54. The highest BCUT2D eigenvalue weighted by Crippen LogP contribution is 2.34. The molecule has 0 N–H and O–H groups in total. The van der Waals surface area contributed by atoms with E-state index >= 15 is 0 Å². The second-order valence-electron chi connectivity index (χ2n) is 5.21. The van der Waals surface area contributed by atoms with E-state index in [-0.39, 0.29) is 23.8 Å². The topological polar surface area (TPSA) is 51.2 Å². The fourth-order valence-electron chi connectivity index (χ4n) is 2.54. The van der Waals surface area contributed by atoms with Gasteiger partial charge in [0.2, 0.25) is 0 Å². The standard InChI is InChI=1S/C16H20O3/c1-10-6-7-11(2)15(8-10)16(13(4)18,14(5)19)9-12(3)17/h6-8H,9H2,1-5H3. The molecule has 0 aliphatic carbocycles. The van der Waals surface area contributed by atoms with E-state index in [1.165, 1.54) is 20.8 Å². The molecule has 3 nitrogen and oxygen atoms in total. The first-order chi connectivity index (χ1) is 8.71. The lowest BCUT2D eigenvalue weighted by atomic mass is 9.69. The van der Waals surface area contributed by atoms with Crippen molar-refractivity contribution in [2.75, 3.05) is 0 Å². The Bertz CT molecular complexity index is 527. The van der Waals surface area contributed by atoms with Crippen molar-refractivity contribution in [1.82, 2.24) is 0 Å². The van der Waals surface area contributed by atoms with Crippen molar-refractivity contribution < 1.29 is 14.4 Å². The van der Waals surface area contributed by atoms with Crippen LogP contribution >= 0.6 is 0 Å². The van der Waals surface area contributed by atoms with Crippen molar-refractivity contribution in [3.63, 3.8) is 0 Å². The van der Waals surface area contributed by atoms with Gasteiger partial charge in [-0.25, -0.2) is 0 Å². The zero-order chi connectivity index (χ0) is 14.8. The molecule has 0 radical (unpaired) electrons. The Morgan fingerprint density at radius 2 is 1.53 bits per heavy atom. The molecule has 0 aliphatic rings. The molecule has 0 fully saturated rings. The monoisotopic (exact) mass is 260 g/mol. The van der Waals surface area contributed by atoms with Crippen molar-refractivity contribution in [2.45, 2.75) is 46.5 Å². The Morgan fingerprint density at radius 3 is 1.95 bits per heavy atom. The molecule has 0 unspecified atom stereocenters. The molecule has 0 atom stereocenters. The SMILES string of the molecule is CC(=O)CC(C(C)=O)(C(C)=O)c1cc(C)ccc1C. The average molecular weight is 260 g/mol. The summed E-state index contributed by atoms with van der Waals surface area (Å²) in [4.78, 5) is 35.8. The molecular weight excluding hydrogens is 240 g/mol. The van der Waals surface area contributed by atoms with Gasteiger partial charge in [0, 0.05) is 6.42 Å². The number of benzene rings is 1. The van der Waals surface area contributed by atoms with Gasteiger partial charge in [0.25, 0.3) is 0 Å². The minimum Gasteiger partial charge on any atom is -0.300 e. The lowest BCUT2D eigenvalue weighted by Crippen LogP contribution is -2.43. The third-order valence-electron chi connectivity index (χ3n) is 3.57. The molecule has 0 aliphatic heterocycles. The molecule has 0 heterocycles. The number of hydrogen-bond acceptors (Lipinski definition) is 3. The van der Waals surface area contributed by atoms with Crippen LogP contribution in [-0.4, -0.2) is 17.3 Å². The number of hydrogen-bond donors (Lipinski definition) is 0. The van der Waals surface area contributed by atoms with Gasteiger partial charge in [0.05, 0.1) is 0 Å². The second kappa shape index (κ2) is 5.47. The van der Waals surface area contributed by atoms with Crippen LogP contribution in [-0.2, 0) is 19.8 Å². The average Bonchev–Trinajstić information content (AvgIpc) is 2.28. The van der Waals surface area contributed by atoms with E-state index in [1.54, 1.807) is 0 Å². The lowest BCUT2D eigenvalue weighted by Gasteiger charge is -2.30. The maximum Gasteiger partial charge on any atom is 0.148 e. The molecule has 0 aromatic heterocycles. The van der Waals surface area contributed by atoms with Crippen LogP contribution in [0.5, 0.6) is 0 Å². The van der Waals surface area contributed by atoms with Gasteiger partial charge in [-0.2, -0.15) is 0 Å². The molecule has 0 spiro atoms. The zero-order valence-electron chi connectivity index (χ0n) is 12.2. The Morgan fingerprint density at radius 1 is 1.00 bits per heavy atom. The normalized spacial score (nSPS) is 11.2. The van der Waals surface area contributed by atoms with Crippen LogP contribution in [0.1, 0.15) is 43.9 Å². The molecule has 19 heavy (non-hydrogen) atoms. The van der Waals surface area contributed by atoms with Crippen LogP contribution in [0.4, 0.5) is 0 Å². The molecule has 3 heteroatoms. The molecule has 0 saturated heterocycles. The summed E-state index contributed by atoms with van der Waals surface area (Å²) < 4.78 is 0. The molecule has 0 saturated carbocycles. The third kappa shape index (κ3) is 2.80. The predicted molar refractivity (Wildman–Crippen MR) is 74.3 cm³/mol. The Kier molecular flexibility index (Phi) is 4.40. The number of Topliss-reactive ketones (excluding diaryl/α,β-unsaturated/α-hetero) is 3. The molecule has 1 aromatic carbocycles. The third-order valence-corrected chi connectivity index (χ3v) is 3.57. The van der Waals surface area contributed by atoms with Crippen LogP contribution in [0, 0.1) is 13.8 Å². The molecule has 1 aromatic rings. The summed E-state index contributed by atoms with van der Waals surface area (Å²) in [5.74, 6) is -0.709. The van der Waals surface area contributed by atoms with E-state index < -0.39 is 5.41 Å². The van der Waals surface area contributed by atoms with Crippen LogP contribution < -0.4 is 0 Å². The Hall–Kier alpha value is -1.77. The van der Waals surface area contributed by atoms with Crippen molar-refractivity contribution in [3.8, 4) is 0 Å². The summed E-state index contributed by atoms with van der Waals surface area (Å²) in [6, 6.07) is 5.64. The van der Waals surface area contributed by atoms with Gasteiger partial charge in [-0.1, -0.05) is 23.8 Å². The highest BCUT2D eigenvalue weighted by atomic mass is 16.2. The van der Waals surface area contributed by atoms with E-state index in [0.717, 1.165) is 11.1 Å². The first-order valence-corrected chi connectivity index (χ1v) is 6.31. The van der Waals surface area contributed by atoms with Crippen molar-refractivity contribution in [3.05, 3.63) is 34.9 Å². The minimum atomic E-state index is -1.33. The highest BCUT2D eigenvalue weighted by Gasteiger charge is 2.44. The predicted octanol–water partition coefficient (Wildman–Crippen LogP) is 2.70. The van der Waals surface area contributed by atoms with E-state index in [2.05, 4.69) is 0 Å². The van der Waals surface area contributed by atoms with Gasteiger partial charge >= 0.3 is 0 Å². The first-order valence-electron chi connectivity index (χ1n) is 6.31. The van der Waals surface area contributed by atoms with E-state index in [9.17, 15) is 14.4 Å². The van der Waals surface area contributed by atoms with E-state index in [0.29, 0.717) is 5.56 Å². The number of carbonyl (C=O) groups excluding carboxylic acids is 3. The first kappa shape index (κ1) is 15.3. The van der Waals surface area contributed by atoms with E-state index in [1.807, 2.05) is 32.0 Å². The summed E-state index contributed by atoms with van der Waals surface area (Å²) in [5, 5.41) is 0. The molecule has 0 bridgehead atoms. The van der Waals surface area contributed by atoms with Gasteiger partial charge in [0.1, 0.15) is 22.8 Å². The quantitative estimate of drug-likeness (QED) is 0.765. The Labute approximate surface area is 114 Å². The summed E-state index contributed by atoms with van der Waals surface area (Å²) >= 11 is 0. The minimum absolute atomic E-state index is 0.0675. The zero-order valence-corrected chi connectivity index (χ0v) is 12.2. The largest absolute Gasteiger partial charge is 0.300 e. The van der Waals surface area contributed by atoms with Gasteiger partial charge in [-0.3, -0.25) is 14.4 Å². The van der Waals surface area contributed by atoms with Gasteiger partial charge in [-0.05, 0) is 45.7 Å². The van der Waals surface area contributed by atoms with Crippen molar-refractivity contribution in [2.24, 2.45) is 0 Å². The number of aryl methyl sites for hydroxylation is 2. The summed E-state index contributed by atoms with van der Waals surface area (Å²) in [6.45, 7) is 7.93. The van der Waals surface area contributed by atoms with Crippen LogP contribution in [0.25, 0.3) is 0 Å². The summed E-state index contributed by atoms with van der Waals surface area (Å²) in [6.07, 6.45) is -0.0675. The highest BCUT2D eigenvalue weighted by molar-refractivity contribution is 6.13. The maximum absolute atomic E-state index is 12.1. The van der Waals surface area contributed by atoms with Gasteiger partial charge in [0.15, 0.2) is 0 Å². The van der Waals surface area contributed by atoms with E-state index in [4.69, 9.17) is 0 Å². The number of carbonyl (C=O) groups is 3. The molecular formula is C16H20O3. The van der Waals surface area contributed by atoms with Crippen LogP contribution in [0.2, 0.25) is 0 Å². The molecule has 1 rings (SSSR count). The number of ketones is 3. The molecule has 0 amide bonds. The fraction of sp³-hybridized carbons (Fsp3) is 0.438. The Balaban J connectivity index is 3.62. The van der Waals surface area contributed by atoms with Gasteiger partial charge in [-0.15, -0.1) is 0 Å².